The van der Waals surface area contributed by atoms with Crippen LogP contribution >= 0.6 is 0 Å². The Morgan fingerprint density at radius 3 is 2.59 bits per heavy atom. The van der Waals surface area contributed by atoms with E-state index in [9.17, 15) is 12.8 Å². The van der Waals surface area contributed by atoms with Crippen molar-refractivity contribution in [3.05, 3.63) is 35.8 Å². The van der Waals surface area contributed by atoms with E-state index in [0.29, 0.717) is 11.4 Å². The summed E-state index contributed by atoms with van der Waals surface area (Å²) in [5.41, 5.74) is 0.700. The van der Waals surface area contributed by atoms with E-state index >= 15 is 0 Å². The van der Waals surface area contributed by atoms with Crippen molar-refractivity contribution in [2.45, 2.75) is 24.7 Å². The lowest BCUT2D eigenvalue weighted by atomic mass is 10.3. The highest BCUT2D eigenvalue weighted by Crippen LogP contribution is 2.26. The summed E-state index contributed by atoms with van der Waals surface area (Å²) in [6.45, 7) is 3.36. The van der Waals surface area contributed by atoms with Gasteiger partial charge in [-0.15, -0.1) is 0 Å². The smallest absolute Gasteiger partial charge is 0.266 e. The van der Waals surface area contributed by atoms with Gasteiger partial charge in [0.25, 0.3) is 10.0 Å². The standard InChI is InChI=1S/C14H16FN3O3S/c1-10-8-14(16-21-10)17-22(19,20)13-5-4-11(9-12(13)15)18-6-2-3-7-18/h4-5,8-9H,2-3,6-7H2,1H3,(H,16,17). The molecule has 0 spiro atoms. The Hall–Kier alpha value is -2.09. The third-order valence-electron chi connectivity index (χ3n) is 3.54. The molecule has 1 aliphatic rings. The van der Waals surface area contributed by atoms with E-state index in [-0.39, 0.29) is 5.82 Å². The summed E-state index contributed by atoms with van der Waals surface area (Å²) in [4.78, 5) is 1.63. The second-order valence-electron chi connectivity index (χ2n) is 5.24. The first-order chi connectivity index (χ1) is 10.5. The lowest BCUT2D eigenvalue weighted by molar-refractivity contribution is 0.400. The van der Waals surface area contributed by atoms with Gasteiger partial charge >= 0.3 is 0 Å². The van der Waals surface area contributed by atoms with Crippen molar-refractivity contribution in [2.24, 2.45) is 0 Å². The Morgan fingerprint density at radius 2 is 2.00 bits per heavy atom. The van der Waals surface area contributed by atoms with Crippen LogP contribution in [0.4, 0.5) is 15.9 Å². The van der Waals surface area contributed by atoms with Gasteiger partial charge in [0.15, 0.2) is 5.82 Å². The molecule has 0 aliphatic carbocycles. The van der Waals surface area contributed by atoms with Gasteiger partial charge in [0.2, 0.25) is 0 Å². The van der Waals surface area contributed by atoms with E-state index < -0.39 is 20.7 Å². The van der Waals surface area contributed by atoms with Gasteiger partial charge in [-0.1, -0.05) is 5.16 Å². The summed E-state index contributed by atoms with van der Waals surface area (Å²) >= 11 is 0. The highest BCUT2D eigenvalue weighted by atomic mass is 32.2. The summed E-state index contributed by atoms with van der Waals surface area (Å²) in [5, 5.41) is 3.54. The quantitative estimate of drug-likeness (QED) is 0.935. The molecule has 0 atom stereocenters. The molecule has 118 valence electrons. The second kappa shape index (κ2) is 5.60. The third-order valence-corrected chi connectivity index (χ3v) is 4.93. The minimum atomic E-state index is -4.04. The number of benzene rings is 1. The molecule has 0 bridgehead atoms. The molecule has 0 unspecified atom stereocenters. The maximum Gasteiger partial charge on any atom is 0.266 e. The van der Waals surface area contributed by atoms with Gasteiger partial charge < -0.3 is 9.42 Å². The number of aromatic nitrogens is 1. The van der Waals surface area contributed by atoms with Gasteiger partial charge in [-0.05, 0) is 38.0 Å². The lowest BCUT2D eigenvalue weighted by Crippen LogP contribution is -2.19. The van der Waals surface area contributed by atoms with Crippen molar-refractivity contribution in [3.8, 4) is 0 Å². The fourth-order valence-electron chi connectivity index (χ4n) is 2.49. The molecule has 2 aromatic rings. The summed E-state index contributed by atoms with van der Waals surface area (Å²) in [7, 11) is -4.04. The van der Waals surface area contributed by atoms with Crippen LogP contribution in [0.3, 0.4) is 0 Å². The van der Waals surface area contributed by atoms with E-state index in [1.165, 1.54) is 18.2 Å². The number of hydrogen-bond acceptors (Lipinski definition) is 5. The Morgan fingerprint density at radius 1 is 1.27 bits per heavy atom. The van der Waals surface area contributed by atoms with E-state index in [1.807, 2.05) is 4.90 Å². The monoisotopic (exact) mass is 325 g/mol. The van der Waals surface area contributed by atoms with Crippen LogP contribution < -0.4 is 9.62 Å². The predicted molar refractivity (Wildman–Crippen MR) is 79.9 cm³/mol. The highest BCUT2D eigenvalue weighted by molar-refractivity contribution is 7.92. The molecular weight excluding hydrogens is 309 g/mol. The Balaban J connectivity index is 1.87. The molecule has 22 heavy (non-hydrogen) atoms. The number of nitrogens with one attached hydrogen (secondary N) is 1. The molecule has 0 radical (unpaired) electrons. The van der Waals surface area contributed by atoms with E-state index in [2.05, 4.69) is 9.88 Å². The fourth-order valence-corrected chi connectivity index (χ4v) is 3.53. The van der Waals surface area contributed by atoms with Crippen molar-refractivity contribution in [1.82, 2.24) is 5.16 Å². The zero-order valence-electron chi connectivity index (χ0n) is 12.0. The molecule has 0 amide bonds. The maximum absolute atomic E-state index is 14.2. The Bertz CT molecular complexity index is 782. The Kier molecular flexibility index (Phi) is 3.78. The van der Waals surface area contributed by atoms with E-state index in [0.717, 1.165) is 25.9 Å². The van der Waals surface area contributed by atoms with Gasteiger partial charge in [0.05, 0.1) is 0 Å². The molecule has 1 fully saturated rings. The molecule has 0 saturated carbocycles. The maximum atomic E-state index is 14.2. The first-order valence-electron chi connectivity index (χ1n) is 6.96. The number of hydrogen-bond donors (Lipinski definition) is 1. The topological polar surface area (TPSA) is 75.4 Å². The van der Waals surface area contributed by atoms with Gasteiger partial charge in [-0.25, -0.2) is 12.8 Å². The fraction of sp³-hybridized carbons (Fsp3) is 0.357. The zero-order valence-corrected chi connectivity index (χ0v) is 12.9. The van der Waals surface area contributed by atoms with Crippen molar-refractivity contribution in [2.75, 3.05) is 22.7 Å². The van der Waals surface area contributed by atoms with Crippen molar-refractivity contribution in [3.63, 3.8) is 0 Å². The normalized spacial score (nSPS) is 15.3. The predicted octanol–water partition coefficient (Wildman–Crippen LogP) is 2.52. The number of aryl methyl sites for hydroxylation is 1. The SMILES string of the molecule is Cc1cc(NS(=O)(=O)c2ccc(N3CCCC3)cc2F)no1. The minimum absolute atomic E-state index is 0.0283. The zero-order chi connectivity index (χ0) is 15.7. The van der Waals surface area contributed by atoms with Crippen LogP contribution in [0, 0.1) is 12.7 Å². The third kappa shape index (κ3) is 2.92. The van der Waals surface area contributed by atoms with Gasteiger partial charge in [0.1, 0.15) is 16.5 Å². The second-order valence-corrected chi connectivity index (χ2v) is 6.89. The average Bonchev–Trinajstić information content (AvgIpc) is 3.09. The lowest BCUT2D eigenvalue weighted by Gasteiger charge is -2.18. The molecule has 6 nitrogen and oxygen atoms in total. The van der Waals surface area contributed by atoms with Crippen LogP contribution in [0.1, 0.15) is 18.6 Å². The van der Waals surface area contributed by atoms with Crippen LogP contribution in [-0.2, 0) is 10.0 Å². The molecule has 1 saturated heterocycles. The van der Waals surface area contributed by atoms with Gasteiger partial charge in [-0.3, -0.25) is 4.72 Å². The van der Waals surface area contributed by atoms with Crippen LogP contribution in [0.25, 0.3) is 0 Å². The van der Waals surface area contributed by atoms with Crippen molar-refractivity contribution >= 4 is 21.5 Å². The first kappa shape index (κ1) is 14.8. The summed E-state index contributed by atoms with van der Waals surface area (Å²) in [6.07, 6.45) is 2.13. The molecular formula is C14H16FN3O3S. The first-order valence-corrected chi connectivity index (χ1v) is 8.45. The number of anilines is 2. The van der Waals surface area contributed by atoms with Crippen LogP contribution in [0.15, 0.2) is 33.7 Å². The summed E-state index contributed by atoms with van der Waals surface area (Å²) < 4.78 is 45.6. The molecule has 1 aromatic heterocycles. The molecule has 1 aliphatic heterocycles. The van der Waals surface area contributed by atoms with Crippen LogP contribution in [-0.4, -0.2) is 26.7 Å². The largest absolute Gasteiger partial charge is 0.371 e. The number of nitrogens with zero attached hydrogens (tertiary/aromatic N) is 2. The molecule has 1 aromatic carbocycles. The van der Waals surface area contributed by atoms with Crippen LogP contribution in [0.5, 0.6) is 0 Å². The minimum Gasteiger partial charge on any atom is -0.371 e. The molecule has 1 N–H and O–H groups in total. The Labute approximate surface area is 128 Å². The van der Waals surface area contributed by atoms with E-state index in [1.54, 1.807) is 13.0 Å². The number of halogens is 1. The molecule has 3 rings (SSSR count). The highest BCUT2D eigenvalue weighted by Gasteiger charge is 2.22. The molecule has 2 heterocycles. The van der Waals surface area contributed by atoms with E-state index in [4.69, 9.17) is 4.52 Å². The van der Waals surface area contributed by atoms with Crippen molar-refractivity contribution < 1.29 is 17.3 Å². The van der Waals surface area contributed by atoms with Gasteiger partial charge in [0, 0.05) is 24.8 Å². The van der Waals surface area contributed by atoms with Crippen LogP contribution in [0.2, 0.25) is 0 Å². The number of sulfonamides is 1. The van der Waals surface area contributed by atoms with Crippen molar-refractivity contribution in [1.29, 1.82) is 0 Å². The summed E-state index contributed by atoms with van der Waals surface area (Å²) in [6, 6.07) is 5.58. The number of rotatable bonds is 4. The average molecular weight is 325 g/mol. The van der Waals surface area contributed by atoms with Gasteiger partial charge in [-0.2, -0.15) is 0 Å². The molecule has 8 heteroatoms. The summed E-state index contributed by atoms with van der Waals surface area (Å²) in [5.74, 6) is -0.291.